The molecule has 43 nitrogen and oxygen atoms in total. The Morgan fingerprint density at radius 2 is 0.903 bits per heavy atom. The predicted octanol–water partition coefficient (Wildman–Crippen LogP) is -6.73. The molecule has 3 aromatic carbocycles. The third-order valence-corrected chi connectivity index (χ3v) is 20.7. The van der Waals surface area contributed by atoms with E-state index in [1.165, 1.54) is 35.4 Å². The van der Waals surface area contributed by atoms with E-state index >= 15 is 9.59 Å². The Morgan fingerprint density at radius 3 is 1.34 bits per heavy atom. The quantitative estimate of drug-likeness (QED) is 0.00745. The highest BCUT2D eigenvalue weighted by molar-refractivity contribution is 7.80. The molecule has 0 spiro atoms. The summed E-state index contributed by atoms with van der Waals surface area (Å²) >= 11 is 8.47. The standard InChI is InChI=1S/C79H112N22O21S2/c1-38(2)28-53(67(111)88-34-63(109)101-27-11-17-60(101)76(120)97-57(35-102)66(82)110)95-77(121)64(39(3)103)99-69(113)50(16-10-26-85-79(83)84)90-72(116)55(30-43-32-86-48-14-8-6-12-46(43)48)94-71(115)54(29-42-18-20-45(106)21-19-42)93-75(119)59(37-124)98-68(112)51(22-24-61(80)107)91-73(117)56(31-44-33-87-49-15-9-7-13-47(44)49)96-78(122)65(40(4)104)100-70(114)52(23-25-62(81)108)92-74(118)58(36-123)89-41(5)105/h6-9,12-15,18-21,32-33,38-40,50-60,64-65,86-87,102-104,106,123-124H,10-11,16-17,22-31,34-37H2,1-5H3,(H2,80,107)(H2,81,108)(H2,82,110)(H,88,111)(H,89,105)(H,90,116)(H,91,117)(H,92,118)(H,93,119)(H,94,115)(H,95,121)(H,96,122)(H,97,120)(H,98,112)(H,99,113)(H,100,114)(H4,83,84,85)/t39-,40-,50+,51+,52+,53+,54+,55+,56+,57+,58+,59+,60+,64+,65+/m1/s1. The highest BCUT2D eigenvalue weighted by atomic mass is 32.1. The molecule has 1 aliphatic rings. The lowest BCUT2D eigenvalue weighted by Crippen LogP contribution is -2.62. The van der Waals surface area contributed by atoms with Crippen molar-refractivity contribution in [1.29, 1.82) is 5.41 Å². The van der Waals surface area contributed by atoms with Gasteiger partial charge in [0.2, 0.25) is 100 Å². The summed E-state index contributed by atoms with van der Waals surface area (Å²) in [6, 6.07) is -1.89. The molecular formula is C79H112N22O21S2. The lowest BCUT2D eigenvalue weighted by Gasteiger charge is -2.29. The number of nitrogens with two attached hydrogens (primary N) is 4. The Balaban J connectivity index is 1.27. The van der Waals surface area contributed by atoms with Crippen LogP contribution in [0.5, 0.6) is 5.75 Å². The number of likely N-dealkylation sites (tertiary alicyclic amines) is 1. The Labute approximate surface area is 723 Å². The van der Waals surface area contributed by atoms with E-state index in [0.29, 0.717) is 44.9 Å². The number of fused-ring (bicyclic) bond motifs is 2. The molecule has 0 bridgehead atoms. The topological polar surface area (TPSA) is 702 Å². The van der Waals surface area contributed by atoms with E-state index in [2.05, 4.69) is 110 Å². The van der Waals surface area contributed by atoms with Gasteiger partial charge in [0.05, 0.1) is 25.4 Å². The molecule has 3 heterocycles. The first-order chi connectivity index (χ1) is 58.7. The molecule has 1 aliphatic heterocycles. The molecule has 17 amide bonds. The van der Waals surface area contributed by atoms with Gasteiger partial charge in [-0.2, -0.15) is 25.3 Å². The fourth-order valence-electron chi connectivity index (χ4n) is 13.5. The first-order valence-electron chi connectivity index (χ1n) is 39.9. The lowest BCUT2D eigenvalue weighted by molar-refractivity contribution is -0.140. The summed E-state index contributed by atoms with van der Waals surface area (Å²) in [5.41, 5.74) is 24.1. The van der Waals surface area contributed by atoms with Crippen LogP contribution >= 0.6 is 25.3 Å². The summed E-state index contributed by atoms with van der Waals surface area (Å²) in [4.78, 5) is 242. The van der Waals surface area contributed by atoms with Gasteiger partial charge in [0, 0.05) is 97.8 Å². The van der Waals surface area contributed by atoms with Crippen LogP contribution in [0.25, 0.3) is 21.8 Å². The van der Waals surface area contributed by atoms with Crippen molar-refractivity contribution in [2.45, 2.75) is 202 Å². The first-order valence-corrected chi connectivity index (χ1v) is 41.2. The number of aromatic nitrogens is 2. The molecule has 15 atom stereocenters. The van der Waals surface area contributed by atoms with E-state index in [1.54, 1.807) is 68.6 Å². The summed E-state index contributed by atoms with van der Waals surface area (Å²) in [5.74, 6) is -18.6. The van der Waals surface area contributed by atoms with E-state index in [4.69, 9.17) is 28.3 Å². The van der Waals surface area contributed by atoms with E-state index < -0.39 is 248 Å². The highest BCUT2D eigenvalue weighted by Gasteiger charge is 2.41. The number of hydrogen-bond donors (Lipinski definition) is 27. The number of phenolic OH excluding ortho intramolecular Hbond substituents is 1. The minimum atomic E-state index is -1.93. The Kier molecular flexibility index (Phi) is 39.5. The number of guanidine groups is 1. The van der Waals surface area contributed by atoms with Crippen LogP contribution in [0, 0.1) is 11.3 Å². The molecule has 6 rings (SSSR count). The Hall–Kier alpha value is -12.6. The van der Waals surface area contributed by atoms with Crippen LogP contribution in [0.4, 0.5) is 0 Å². The van der Waals surface area contributed by atoms with Gasteiger partial charge >= 0.3 is 0 Å². The summed E-state index contributed by atoms with van der Waals surface area (Å²) in [7, 11) is 0. The number of phenols is 1. The van der Waals surface area contributed by atoms with Crippen LogP contribution in [0.2, 0.25) is 0 Å². The fourth-order valence-corrected chi connectivity index (χ4v) is 14.0. The molecule has 5 aromatic rings. The number of benzene rings is 3. The van der Waals surface area contributed by atoms with Crippen molar-refractivity contribution in [1.82, 2.24) is 89.3 Å². The second kappa shape index (κ2) is 48.9. The molecule has 45 heteroatoms. The maximum absolute atomic E-state index is 15.3. The van der Waals surface area contributed by atoms with Crippen molar-refractivity contribution < 1.29 is 102 Å². The Bertz CT molecular complexity index is 4640. The van der Waals surface area contributed by atoms with Gasteiger partial charge in [0.1, 0.15) is 84.3 Å². The number of H-pyrrole nitrogens is 2. The second-order valence-corrected chi connectivity index (χ2v) is 31.0. The van der Waals surface area contributed by atoms with Crippen LogP contribution in [-0.2, 0) is 101 Å². The number of amides is 17. The Morgan fingerprint density at radius 1 is 0.492 bits per heavy atom. The van der Waals surface area contributed by atoms with Gasteiger partial charge in [0.15, 0.2) is 5.96 Å². The number of aliphatic hydroxyl groups is 3. The van der Waals surface area contributed by atoms with Crippen LogP contribution in [0.1, 0.15) is 109 Å². The number of nitrogens with zero attached hydrogens (tertiary/aromatic N) is 1. The van der Waals surface area contributed by atoms with Crippen LogP contribution in [0.3, 0.4) is 0 Å². The van der Waals surface area contributed by atoms with Gasteiger partial charge in [-0.3, -0.25) is 86.9 Å². The van der Waals surface area contributed by atoms with Crippen LogP contribution < -0.4 is 97.4 Å². The molecule has 1 saturated heterocycles. The number of carbonyl (C=O) groups excluding carboxylic acids is 17. The van der Waals surface area contributed by atoms with Gasteiger partial charge in [-0.15, -0.1) is 0 Å². The SMILES string of the molecule is CC(=O)N[C@@H](CS)C(=O)N[C@@H](CCC(N)=O)C(=O)N[C@H](C(=O)N[C@@H](Cc1c[nH]c2ccccc12)C(=O)N[C@@H](CCC(N)=O)C(=O)N[C@@H](CS)C(=O)N[C@@H](Cc1ccc(O)cc1)C(=O)N[C@@H](Cc1c[nH]c2ccccc12)C(=O)N[C@@H](CCCNC(=N)N)C(=O)N[C@H](C(=O)N[C@@H](CC(C)C)C(=O)NCC(=O)N1CCC[C@H]1C(=O)N[C@@H](CO)C(N)=O)[C@@H](C)O)[C@@H](C)O. The third kappa shape index (κ3) is 31.1. The van der Waals surface area contributed by atoms with Crippen molar-refractivity contribution in [3.63, 3.8) is 0 Å². The summed E-state index contributed by atoms with van der Waals surface area (Å²) in [5, 5.41) is 85.9. The average molecular weight is 1770 g/mol. The molecule has 0 unspecified atom stereocenters. The maximum atomic E-state index is 15.3. The van der Waals surface area contributed by atoms with E-state index in [-0.39, 0.29) is 69.0 Å². The number of carbonyl (C=O) groups is 17. The van der Waals surface area contributed by atoms with Crippen molar-refractivity contribution in [3.8, 4) is 5.75 Å². The predicted molar refractivity (Wildman–Crippen MR) is 455 cm³/mol. The minimum absolute atomic E-state index is 0.0183. The third-order valence-electron chi connectivity index (χ3n) is 20.0. The van der Waals surface area contributed by atoms with Gasteiger partial charge in [-0.1, -0.05) is 62.4 Å². The molecular weight excluding hydrogens is 1660 g/mol. The molecule has 0 radical (unpaired) electrons. The zero-order chi connectivity index (χ0) is 91.8. The second-order valence-electron chi connectivity index (χ2n) is 30.3. The highest BCUT2D eigenvalue weighted by Crippen LogP contribution is 2.24. The van der Waals surface area contributed by atoms with Gasteiger partial charge in [-0.05, 0) is 106 Å². The van der Waals surface area contributed by atoms with E-state index in [9.17, 15) is 92.3 Å². The van der Waals surface area contributed by atoms with Crippen molar-refractivity contribution in [2.75, 3.05) is 37.7 Å². The number of rotatable bonds is 50. The zero-order valence-electron chi connectivity index (χ0n) is 68.9. The van der Waals surface area contributed by atoms with E-state index in [1.807, 2.05) is 0 Å². The van der Waals surface area contributed by atoms with Crippen LogP contribution in [-0.4, -0.2) is 270 Å². The number of aromatic amines is 2. The van der Waals surface area contributed by atoms with Gasteiger partial charge in [-0.25, -0.2) is 0 Å². The number of nitrogens with one attached hydrogen (secondary N) is 17. The number of thiol groups is 2. The number of aromatic hydroxyl groups is 1. The zero-order valence-corrected chi connectivity index (χ0v) is 70.7. The average Bonchev–Trinajstić information content (AvgIpc) is 1.68. The molecule has 0 saturated carbocycles. The summed E-state index contributed by atoms with van der Waals surface area (Å²) < 4.78 is 0. The van der Waals surface area contributed by atoms with Crippen LogP contribution in [0.15, 0.2) is 85.2 Å². The molecule has 1 fully saturated rings. The monoisotopic (exact) mass is 1770 g/mol. The summed E-state index contributed by atoms with van der Waals surface area (Å²) in [6.07, 6.45) is -3.38. The maximum Gasteiger partial charge on any atom is 0.245 e. The fraction of sp³-hybridized carbons (Fsp3) is 0.494. The smallest absolute Gasteiger partial charge is 0.245 e. The normalized spacial score (nSPS) is 15.8. The van der Waals surface area contributed by atoms with Crippen molar-refractivity contribution in [3.05, 3.63) is 102 Å². The van der Waals surface area contributed by atoms with Crippen molar-refractivity contribution in [2.24, 2.45) is 28.9 Å². The lowest BCUT2D eigenvalue weighted by atomic mass is 10.0. The largest absolute Gasteiger partial charge is 0.508 e. The molecule has 2 aromatic heterocycles. The molecule has 676 valence electrons. The van der Waals surface area contributed by atoms with Gasteiger partial charge in [0.25, 0.3) is 0 Å². The molecule has 0 aliphatic carbocycles. The minimum Gasteiger partial charge on any atom is -0.508 e. The number of hydrogen-bond acceptors (Lipinski definition) is 24. The molecule has 29 N–H and O–H groups in total. The first kappa shape index (κ1) is 100. The molecule has 124 heavy (non-hydrogen) atoms. The van der Waals surface area contributed by atoms with Gasteiger partial charge < -0.3 is 133 Å². The number of para-hydroxylation sites is 2. The van der Waals surface area contributed by atoms with Crippen molar-refractivity contribution >= 4 is 153 Å². The summed E-state index contributed by atoms with van der Waals surface area (Å²) in [6.45, 7) is 5.38. The van der Waals surface area contributed by atoms with E-state index in [0.717, 1.165) is 20.8 Å². The number of primary amides is 3. The number of aliphatic hydroxyl groups excluding tert-OH is 3.